The van der Waals surface area contributed by atoms with Gasteiger partial charge in [0.25, 0.3) is 0 Å². The molecule has 0 radical (unpaired) electrons. The van der Waals surface area contributed by atoms with Crippen molar-refractivity contribution in [1.82, 2.24) is 10.2 Å². The summed E-state index contributed by atoms with van der Waals surface area (Å²) in [7, 11) is 0. The maximum absolute atomic E-state index is 11.4. The van der Waals surface area contributed by atoms with Gasteiger partial charge in [-0.3, -0.25) is 4.79 Å². The van der Waals surface area contributed by atoms with Crippen molar-refractivity contribution in [1.29, 1.82) is 0 Å². The second kappa shape index (κ2) is 4.08. The highest BCUT2D eigenvalue weighted by Crippen LogP contribution is 2.30. The highest BCUT2D eigenvalue weighted by molar-refractivity contribution is 5.75. The monoisotopic (exact) mass is 212 g/mol. The third-order valence-electron chi connectivity index (χ3n) is 2.74. The molecule has 0 bridgehead atoms. The van der Waals surface area contributed by atoms with Crippen molar-refractivity contribution >= 4 is 12.0 Å². The molecular weight excluding hydrogens is 196 g/mol. The van der Waals surface area contributed by atoms with Crippen LogP contribution in [0, 0.1) is 0 Å². The van der Waals surface area contributed by atoms with E-state index in [2.05, 4.69) is 5.32 Å². The van der Waals surface area contributed by atoms with Crippen molar-refractivity contribution in [3.8, 4) is 0 Å². The Morgan fingerprint density at radius 1 is 1.60 bits per heavy atom. The number of hydrogen-bond acceptors (Lipinski definition) is 3. The quantitative estimate of drug-likeness (QED) is 0.738. The summed E-state index contributed by atoms with van der Waals surface area (Å²) in [5.74, 6) is -0.00378. The predicted octanol–water partition coefficient (Wildman–Crippen LogP) is 0.496. The minimum Gasteiger partial charge on any atom is -0.442 e. The molecule has 0 aromatic heterocycles. The van der Waals surface area contributed by atoms with Crippen molar-refractivity contribution in [2.45, 2.75) is 38.3 Å². The second-order valence-corrected chi connectivity index (χ2v) is 4.05. The molecule has 84 valence electrons. The third kappa shape index (κ3) is 2.40. The zero-order valence-corrected chi connectivity index (χ0v) is 8.86. The molecule has 1 atom stereocenters. The lowest BCUT2D eigenvalue weighted by molar-refractivity contribution is -0.121. The van der Waals surface area contributed by atoms with Crippen molar-refractivity contribution in [2.75, 3.05) is 13.1 Å². The highest BCUT2D eigenvalue weighted by Gasteiger charge is 2.40. The van der Waals surface area contributed by atoms with Crippen molar-refractivity contribution in [3.05, 3.63) is 0 Å². The van der Waals surface area contributed by atoms with Crippen LogP contribution < -0.4 is 5.32 Å². The second-order valence-electron chi connectivity index (χ2n) is 4.05. The van der Waals surface area contributed by atoms with Crippen molar-refractivity contribution in [3.63, 3.8) is 0 Å². The largest absolute Gasteiger partial charge is 0.442 e. The van der Waals surface area contributed by atoms with E-state index in [1.165, 1.54) is 0 Å². The number of carbonyl (C=O) groups excluding carboxylic acids is 2. The molecule has 0 aromatic rings. The van der Waals surface area contributed by atoms with Gasteiger partial charge in [-0.25, -0.2) is 4.79 Å². The highest BCUT2D eigenvalue weighted by atomic mass is 16.6. The van der Waals surface area contributed by atoms with Gasteiger partial charge in [-0.05, 0) is 12.8 Å². The topological polar surface area (TPSA) is 58.6 Å². The number of hydrogen-bond donors (Lipinski definition) is 1. The Bertz CT molecular complexity index is 276. The van der Waals surface area contributed by atoms with Gasteiger partial charge in [0, 0.05) is 12.5 Å². The van der Waals surface area contributed by atoms with E-state index >= 15 is 0 Å². The number of nitrogens with one attached hydrogen (secondary N) is 1. The van der Waals surface area contributed by atoms with Crippen LogP contribution in [0.5, 0.6) is 0 Å². The van der Waals surface area contributed by atoms with Crippen LogP contribution >= 0.6 is 0 Å². The Hall–Kier alpha value is -1.26. The van der Waals surface area contributed by atoms with Gasteiger partial charge in [-0.2, -0.15) is 0 Å². The molecule has 1 aliphatic carbocycles. The van der Waals surface area contributed by atoms with Gasteiger partial charge >= 0.3 is 6.09 Å². The molecule has 1 unspecified atom stereocenters. The van der Waals surface area contributed by atoms with Crippen molar-refractivity contribution in [2.24, 2.45) is 0 Å². The van der Waals surface area contributed by atoms with Crippen LogP contribution in [0.3, 0.4) is 0 Å². The molecule has 1 saturated carbocycles. The molecule has 15 heavy (non-hydrogen) atoms. The number of carbonyl (C=O) groups is 2. The number of nitrogens with zero attached hydrogens (tertiary/aromatic N) is 1. The molecule has 2 aliphatic rings. The minimum atomic E-state index is -0.228. The van der Waals surface area contributed by atoms with Gasteiger partial charge in [-0.1, -0.05) is 6.92 Å². The maximum atomic E-state index is 11.4. The first-order valence-corrected chi connectivity index (χ1v) is 5.44. The van der Waals surface area contributed by atoms with Gasteiger partial charge in [0.2, 0.25) is 5.91 Å². The molecule has 2 amide bonds. The van der Waals surface area contributed by atoms with E-state index in [1.807, 2.05) is 0 Å². The molecule has 1 saturated heterocycles. The molecule has 1 heterocycles. The van der Waals surface area contributed by atoms with Gasteiger partial charge in [0.05, 0.1) is 13.1 Å². The maximum Gasteiger partial charge on any atom is 0.410 e. The summed E-state index contributed by atoms with van der Waals surface area (Å²) in [4.78, 5) is 24.2. The van der Waals surface area contributed by atoms with Crippen LogP contribution in [0.1, 0.15) is 26.2 Å². The standard InChI is InChI=1S/C10H16N2O3/c1-2-9(13)11-5-8-6-12(7-3-4-7)10(14)15-8/h7-8H,2-6H2,1H3,(H,11,13). The molecule has 1 N–H and O–H groups in total. The number of cyclic esters (lactones) is 1. The van der Waals surface area contributed by atoms with E-state index in [1.54, 1.807) is 11.8 Å². The Balaban J connectivity index is 1.76. The first-order valence-electron chi connectivity index (χ1n) is 5.44. The number of rotatable bonds is 4. The van der Waals surface area contributed by atoms with Crippen LogP contribution in [0.4, 0.5) is 4.79 Å². The lowest BCUT2D eigenvalue weighted by atomic mass is 10.3. The molecule has 5 nitrogen and oxygen atoms in total. The van der Waals surface area contributed by atoms with Crippen LogP contribution in [0.2, 0.25) is 0 Å². The summed E-state index contributed by atoms with van der Waals surface area (Å²) in [6.45, 7) is 2.85. The lowest BCUT2D eigenvalue weighted by Gasteiger charge is -2.10. The lowest BCUT2D eigenvalue weighted by Crippen LogP contribution is -2.34. The Kier molecular flexibility index (Phi) is 2.79. The first-order chi connectivity index (χ1) is 7.20. The smallest absolute Gasteiger partial charge is 0.410 e. The summed E-state index contributed by atoms with van der Waals surface area (Å²) < 4.78 is 5.14. The van der Waals surface area contributed by atoms with Gasteiger partial charge < -0.3 is 15.0 Å². The van der Waals surface area contributed by atoms with Crippen LogP contribution in [0.25, 0.3) is 0 Å². The SMILES string of the molecule is CCC(=O)NCC1CN(C2CC2)C(=O)O1. The third-order valence-corrected chi connectivity index (χ3v) is 2.74. The predicted molar refractivity (Wildman–Crippen MR) is 53.3 cm³/mol. The molecular formula is C10H16N2O3. The minimum absolute atomic E-state index is 0.00378. The Morgan fingerprint density at radius 2 is 2.33 bits per heavy atom. The normalized spacial score (nSPS) is 25.3. The summed E-state index contributed by atoms with van der Waals surface area (Å²) >= 11 is 0. The summed E-state index contributed by atoms with van der Waals surface area (Å²) in [6.07, 6.45) is 2.24. The first kappa shape index (κ1) is 10.3. The fourth-order valence-electron chi connectivity index (χ4n) is 1.68. The molecule has 0 aromatic carbocycles. The molecule has 1 aliphatic heterocycles. The summed E-state index contributed by atoms with van der Waals surface area (Å²) in [5.41, 5.74) is 0. The Labute approximate surface area is 88.8 Å². The summed E-state index contributed by atoms with van der Waals surface area (Å²) in [6, 6.07) is 0.393. The van der Waals surface area contributed by atoms with Crippen LogP contribution in [-0.2, 0) is 9.53 Å². The van der Waals surface area contributed by atoms with E-state index in [4.69, 9.17) is 4.74 Å². The zero-order chi connectivity index (χ0) is 10.8. The van der Waals surface area contributed by atoms with Gasteiger partial charge in [0.15, 0.2) is 0 Å². The number of ether oxygens (including phenoxy) is 1. The fraction of sp³-hybridized carbons (Fsp3) is 0.800. The number of amides is 2. The summed E-state index contributed by atoms with van der Waals surface area (Å²) in [5, 5.41) is 2.73. The average molecular weight is 212 g/mol. The van der Waals surface area contributed by atoms with E-state index < -0.39 is 0 Å². The van der Waals surface area contributed by atoms with Crippen molar-refractivity contribution < 1.29 is 14.3 Å². The fourth-order valence-corrected chi connectivity index (χ4v) is 1.68. The molecule has 0 spiro atoms. The van der Waals surface area contributed by atoms with Gasteiger partial charge in [0.1, 0.15) is 6.10 Å². The zero-order valence-electron chi connectivity index (χ0n) is 8.86. The Morgan fingerprint density at radius 3 is 2.93 bits per heavy atom. The average Bonchev–Trinajstić information content (AvgIpc) is 3.00. The van der Waals surface area contributed by atoms with E-state index in [0.29, 0.717) is 25.6 Å². The van der Waals surface area contributed by atoms with E-state index in [-0.39, 0.29) is 18.1 Å². The van der Waals surface area contributed by atoms with E-state index in [9.17, 15) is 9.59 Å². The molecule has 5 heteroatoms. The van der Waals surface area contributed by atoms with Gasteiger partial charge in [-0.15, -0.1) is 0 Å². The van der Waals surface area contributed by atoms with E-state index in [0.717, 1.165) is 12.8 Å². The molecule has 2 fully saturated rings. The van der Waals surface area contributed by atoms with Crippen LogP contribution in [0.15, 0.2) is 0 Å². The van der Waals surface area contributed by atoms with Crippen LogP contribution in [-0.4, -0.2) is 42.1 Å². The molecule has 2 rings (SSSR count).